The maximum absolute atomic E-state index is 12.8. The number of fused-ring (bicyclic) bond motifs is 1. The molecule has 0 radical (unpaired) electrons. The van der Waals surface area contributed by atoms with E-state index in [1.165, 1.54) is 0 Å². The Morgan fingerprint density at radius 1 is 1.32 bits per heavy atom. The molecule has 0 amide bonds. The Labute approximate surface area is 146 Å². The van der Waals surface area contributed by atoms with E-state index in [0.29, 0.717) is 31.7 Å². The maximum atomic E-state index is 12.8. The number of hydrogen-bond donors (Lipinski definition) is 3. The molecule has 3 rings (SSSR count). The zero-order chi connectivity index (χ0) is 18.0. The van der Waals surface area contributed by atoms with Crippen LogP contribution in [0.5, 0.6) is 0 Å². The van der Waals surface area contributed by atoms with Crippen molar-refractivity contribution in [2.75, 3.05) is 31.3 Å². The first-order chi connectivity index (χ1) is 12.0. The Morgan fingerprint density at radius 3 is 2.72 bits per heavy atom. The van der Waals surface area contributed by atoms with E-state index in [-0.39, 0.29) is 36.1 Å². The molecule has 2 aliphatic rings. The lowest BCUT2D eigenvalue weighted by Gasteiger charge is -2.19. The summed E-state index contributed by atoms with van der Waals surface area (Å²) >= 11 is 0. The lowest BCUT2D eigenvalue weighted by molar-refractivity contribution is -0.133. The summed E-state index contributed by atoms with van der Waals surface area (Å²) in [6.07, 6.45) is 1.72. The van der Waals surface area contributed by atoms with Crippen LogP contribution in [0.1, 0.15) is 35.2 Å². The van der Waals surface area contributed by atoms with Crippen LogP contribution in [-0.4, -0.2) is 43.8 Å². The Hall–Kier alpha value is -2.25. The smallest absolute Gasteiger partial charge is 0.182 e. The molecule has 0 spiro atoms. The first-order valence-electron chi connectivity index (χ1n) is 8.52. The Morgan fingerprint density at radius 2 is 2.04 bits per heavy atom. The van der Waals surface area contributed by atoms with E-state index < -0.39 is 11.7 Å². The van der Waals surface area contributed by atoms with Crippen molar-refractivity contribution in [2.45, 2.75) is 31.8 Å². The highest BCUT2D eigenvalue weighted by Gasteiger charge is 2.38. The van der Waals surface area contributed by atoms with Crippen molar-refractivity contribution in [1.82, 2.24) is 5.32 Å². The third kappa shape index (κ3) is 3.43. The summed E-state index contributed by atoms with van der Waals surface area (Å²) in [5.41, 5.74) is 8.55. The molecule has 134 valence electrons. The summed E-state index contributed by atoms with van der Waals surface area (Å²) < 4.78 is 5.02. The molecular formula is C18H23N3O4. The van der Waals surface area contributed by atoms with Gasteiger partial charge < -0.3 is 15.8 Å². The number of Topliss-reactive ketones (excluding diaryl/α,β-unsaturated/α-hetero) is 3. The van der Waals surface area contributed by atoms with Crippen LogP contribution in [-0.2, 0) is 20.7 Å². The van der Waals surface area contributed by atoms with Gasteiger partial charge in [0.25, 0.3) is 0 Å². The number of nitrogens with two attached hydrogens (primary N) is 1. The lowest BCUT2D eigenvalue weighted by atomic mass is 9.81. The van der Waals surface area contributed by atoms with Crippen LogP contribution in [0.3, 0.4) is 0 Å². The molecule has 4 N–H and O–H groups in total. The SMILES string of the molecule is COCCNC1Cc2c(ccc(C(=O)C3C(=O)CCCC3=O)c2N)N1. The molecule has 1 atom stereocenters. The first kappa shape index (κ1) is 17.6. The number of nitrogens with one attached hydrogen (secondary N) is 2. The molecule has 0 bridgehead atoms. The molecule has 1 aromatic carbocycles. The van der Waals surface area contributed by atoms with E-state index in [4.69, 9.17) is 10.5 Å². The number of carbonyl (C=O) groups excluding carboxylic acids is 3. The Bertz CT molecular complexity index is 701. The highest BCUT2D eigenvalue weighted by molar-refractivity contribution is 6.26. The molecule has 1 fully saturated rings. The second-order valence-electron chi connectivity index (χ2n) is 6.48. The van der Waals surface area contributed by atoms with E-state index in [1.807, 2.05) is 0 Å². The Balaban J connectivity index is 1.79. The van der Waals surface area contributed by atoms with Crippen molar-refractivity contribution >= 4 is 28.7 Å². The zero-order valence-corrected chi connectivity index (χ0v) is 14.3. The van der Waals surface area contributed by atoms with Crippen molar-refractivity contribution in [3.05, 3.63) is 23.3 Å². The minimum Gasteiger partial charge on any atom is -0.398 e. The second kappa shape index (κ2) is 7.33. The standard InChI is InChI=1S/C18H23N3O4/c1-25-8-7-20-15-9-11-12(21-15)6-5-10(17(11)19)18(24)16-13(22)3-2-4-14(16)23/h5-6,15-16,20-21H,2-4,7-9,19H2,1H3. The number of nitrogen functional groups attached to an aromatic ring is 1. The molecule has 25 heavy (non-hydrogen) atoms. The highest BCUT2D eigenvalue weighted by atomic mass is 16.5. The summed E-state index contributed by atoms with van der Waals surface area (Å²) in [6, 6.07) is 3.39. The Kier molecular flexibility index (Phi) is 5.15. The number of ketones is 3. The van der Waals surface area contributed by atoms with Gasteiger partial charge in [-0.3, -0.25) is 19.7 Å². The van der Waals surface area contributed by atoms with E-state index >= 15 is 0 Å². The molecule has 7 nitrogen and oxygen atoms in total. The van der Waals surface area contributed by atoms with Crippen molar-refractivity contribution in [3.63, 3.8) is 0 Å². The van der Waals surface area contributed by atoms with Crippen LogP contribution in [0, 0.1) is 5.92 Å². The molecule has 0 saturated heterocycles. The molecule has 1 unspecified atom stereocenters. The minimum atomic E-state index is -1.18. The minimum absolute atomic E-state index is 0.00995. The summed E-state index contributed by atoms with van der Waals surface area (Å²) in [4.78, 5) is 36.9. The molecule has 1 aliphatic carbocycles. The van der Waals surface area contributed by atoms with Gasteiger partial charge in [0.15, 0.2) is 17.3 Å². The molecule has 1 aliphatic heterocycles. The van der Waals surface area contributed by atoms with E-state index in [9.17, 15) is 14.4 Å². The van der Waals surface area contributed by atoms with Crippen LogP contribution >= 0.6 is 0 Å². The largest absolute Gasteiger partial charge is 0.398 e. The number of methoxy groups -OCH3 is 1. The van der Waals surface area contributed by atoms with Gasteiger partial charge in [-0.1, -0.05) is 0 Å². The van der Waals surface area contributed by atoms with Crippen LogP contribution < -0.4 is 16.4 Å². The van der Waals surface area contributed by atoms with Gasteiger partial charge in [0.05, 0.1) is 12.8 Å². The zero-order valence-electron chi connectivity index (χ0n) is 14.3. The molecule has 7 heteroatoms. The second-order valence-corrected chi connectivity index (χ2v) is 6.48. The van der Waals surface area contributed by atoms with E-state index in [1.54, 1.807) is 19.2 Å². The van der Waals surface area contributed by atoms with E-state index in [0.717, 1.165) is 11.3 Å². The third-order valence-corrected chi connectivity index (χ3v) is 4.81. The van der Waals surface area contributed by atoms with Crippen molar-refractivity contribution in [1.29, 1.82) is 0 Å². The average molecular weight is 345 g/mol. The first-order valence-corrected chi connectivity index (χ1v) is 8.52. The van der Waals surface area contributed by atoms with E-state index in [2.05, 4.69) is 10.6 Å². The van der Waals surface area contributed by atoms with Crippen LogP contribution in [0.15, 0.2) is 12.1 Å². The van der Waals surface area contributed by atoms with Gasteiger partial charge in [-0.2, -0.15) is 0 Å². The van der Waals surface area contributed by atoms with Gasteiger partial charge in [-0.05, 0) is 18.6 Å². The molecule has 1 aromatic rings. The fraction of sp³-hybridized carbons (Fsp3) is 0.500. The normalized spacial score (nSPS) is 20.4. The lowest BCUT2D eigenvalue weighted by Crippen LogP contribution is -2.36. The summed E-state index contributed by atoms with van der Waals surface area (Å²) in [5, 5.41) is 6.60. The number of carbonyl (C=O) groups is 3. The highest BCUT2D eigenvalue weighted by Crippen LogP contribution is 2.34. The summed E-state index contributed by atoms with van der Waals surface area (Å²) in [7, 11) is 1.64. The van der Waals surface area contributed by atoms with Gasteiger partial charge in [0.2, 0.25) is 0 Å². The number of ether oxygens (including phenoxy) is 1. The quantitative estimate of drug-likeness (QED) is 0.304. The fourth-order valence-corrected chi connectivity index (χ4v) is 3.49. The molecule has 0 aromatic heterocycles. The van der Waals surface area contributed by atoms with Gasteiger partial charge in [-0.25, -0.2) is 0 Å². The van der Waals surface area contributed by atoms with Crippen molar-refractivity contribution in [3.8, 4) is 0 Å². The number of hydrogen-bond acceptors (Lipinski definition) is 7. The maximum Gasteiger partial charge on any atom is 0.182 e. The number of benzene rings is 1. The summed E-state index contributed by atoms with van der Waals surface area (Å²) in [5.74, 6) is -2.23. The van der Waals surface area contributed by atoms with Gasteiger partial charge in [0.1, 0.15) is 5.92 Å². The van der Waals surface area contributed by atoms with Crippen molar-refractivity contribution in [2.24, 2.45) is 5.92 Å². The van der Waals surface area contributed by atoms with Gasteiger partial charge in [0, 0.05) is 55.4 Å². The summed E-state index contributed by atoms with van der Waals surface area (Å²) in [6.45, 7) is 1.29. The van der Waals surface area contributed by atoms with Crippen LogP contribution in [0.4, 0.5) is 11.4 Å². The predicted molar refractivity (Wildman–Crippen MR) is 93.5 cm³/mol. The predicted octanol–water partition coefficient (Wildman–Crippen LogP) is 0.920. The van der Waals surface area contributed by atoms with Crippen LogP contribution in [0.2, 0.25) is 0 Å². The molecule has 1 heterocycles. The monoisotopic (exact) mass is 345 g/mol. The van der Waals surface area contributed by atoms with Crippen LogP contribution in [0.25, 0.3) is 0 Å². The topological polar surface area (TPSA) is 111 Å². The average Bonchev–Trinajstić information content (AvgIpc) is 2.99. The van der Waals surface area contributed by atoms with Crippen molar-refractivity contribution < 1.29 is 19.1 Å². The fourth-order valence-electron chi connectivity index (χ4n) is 3.49. The van der Waals surface area contributed by atoms with Gasteiger partial charge >= 0.3 is 0 Å². The third-order valence-electron chi connectivity index (χ3n) is 4.81. The number of anilines is 2. The molecular weight excluding hydrogens is 322 g/mol. The number of rotatable bonds is 6. The van der Waals surface area contributed by atoms with Gasteiger partial charge in [-0.15, -0.1) is 0 Å². The molecule has 1 saturated carbocycles.